The molecule has 0 spiro atoms. The molecular formula is C20H18FN7O. The Morgan fingerprint density at radius 1 is 1.24 bits per heavy atom. The van der Waals surface area contributed by atoms with E-state index in [0.29, 0.717) is 22.0 Å². The molecule has 9 heteroatoms. The van der Waals surface area contributed by atoms with E-state index < -0.39 is 17.3 Å². The van der Waals surface area contributed by atoms with E-state index in [1.165, 1.54) is 16.8 Å². The summed E-state index contributed by atoms with van der Waals surface area (Å²) in [4.78, 5) is 17.0. The molecule has 0 radical (unpaired) electrons. The van der Waals surface area contributed by atoms with Gasteiger partial charge in [-0.25, -0.2) is 4.39 Å². The largest absolute Gasteiger partial charge is 0.305 e. The monoisotopic (exact) mass is 391 g/mol. The maximum absolute atomic E-state index is 14.4. The molecule has 0 bridgehead atoms. The van der Waals surface area contributed by atoms with Crippen molar-refractivity contribution >= 4 is 16.7 Å². The molecule has 0 aliphatic carbocycles. The van der Waals surface area contributed by atoms with Crippen LogP contribution in [0.25, 0.3) is 22.0 Å². The third-order valence-corrected chi connectivity index (χ3v) is 4.82. The fourth-order valence-electron chi connectivity index (χ4n) is 3.21. The fourth-order valence-corrected chi connectivity index (χ4v) is 3.21. The Labute approximate surface area is 164 Å². The molecule has 0 aliphatic rings. The van der Waals surface area contributed by atoms with E-state index in [9.17, 15) is 9.18 Å². The van der Waals surface area contributed by atoms with E-state index in [4.69, 9.17) is 10.8 Å². The average molecular weight is 391 g/mol. The topological polar surface area (TPSA) is 105 Å². The number of halogens is 1. The lowest BCUT2D eigenvalue weighted by atomic mass is 10.1. The molecule has 1 atom stereocenters. The quantitative estimate of drug-likeness (QED) is 0.413. The first-order valence-electron chi connectivity index (χ1n) is 8.87. The van der Waals surface area contributed by atoms with E-state index in [-0.39, 0.29) is 11.4 Å². The summed E-state index contributed by atoms with van der Waals surface area (Å²) in [6.45, 7) is 1.66. The SMILES string of the molecule is C[C@@H](C(=N)n1cc(-c2cnn(C)c2)cc(F)c1=N)n1ccc2ncccc2c1=O. The second-order valence-corrected chi connectivity index (χ2v) is 6.72. The molecule has 0 amide bonds. The smallest absolute Gasteiger partial charge is 0.260 e. The van der Waals surface area contributed by atoms with Gasteiger partial charge in [-0.1, -0.05) is 0 Å². The summed E-state index contributed by atoms with van der Waals surface area (Å²) >= 11 is 0. The lowest BCUT2D eigenvalue weighted by Crippen LogP contribution is -2.36. The van der Waals surface area contributed by atoms with Gasteiger partial charge in [-0.3, -0.25) is 29.8 Å². The number of hydrogen-bond acceptors (Lipinski definition) is 5. The van der Waals surface area contributed by atoms with Crippen molar-refractivity contribution in [1.29, 1.82) is 10.8 Å². The van der Waals surface area contributed by atoms with Gasteiger partial charge < -0.3 is 4.57 Å². The molecule has 0 aliphatic heterocycles. The summed E-state index contributed by atoms with van der Waals surface area (Å²) in [5.74, 6) is -0.872. The van der Waals surface area contributed by atoms with Gasteiger partial charge >= 0.3 is 0 Å². The summed E-state index contributed by atoms with van der Waals surface area (Å²) in [6.07, 6.45) is 7.97. The lowest BCUT2D eigenvalue weighted by molar-refractivity contribution is 0.582. The van der Waals surface area contributed by atoms with Gasteiger partial charge in [0, 0.05) is 43.0 Å². The third-order valence-electron chi connectivity index (χ3n) is 4.82. The zero-order valence-corrected chi connectivity index (χ0v) is 15.8. The van der Waals surface area contributed by atoms with Crippen LogP contribution in [0.1, 0.15) is 13.0 Å². The van der Waals surface area contributed by atoms with Gasteiger partial charge in [0.2, 0.25) is 0 Å². The second kappa shape index (κ2) is 6.93. The molecule has 0 unspecified atom stereocenters. The normalized spacial score (nSPS) is 12.2. The van der Waals surface area contributed by atoms with E-state index in [2.05, 4.69) is 10.1 Å². The Morgan fingerprint density at radius 3 is 2.76 bits per heavy atom. The molecule has 2 N–H and O–H groups in total. The zero-order chi connectivity index (χ0) is 20.7. The van der Waals surface area contributed by atoms with E-state index in [1.54, 1.807) is 61.6 Å². The van der Waals surface area contributed by atoms with Crippen LogP contribution in [0.3, 0.4) is 0 Å². The highest BCUT2D eigenvalue weighted by Gasteiger charge is 2.18. The number of pyridine rings is 3. The van der Waals surface area contributed by atoms with Crippen LogP contribution < -0.4 is 11.0 Å². The Morgan fingerprint density at radius 2 is 2.03 bits per heavy atom. The van der Waals surface area contributed by atoms with E-state index in [1.807, 2.05) is 0 Å². The Balaban J connectivity index is 1.80. The number of fused-ring (bicyclic) bond motifs is 1. The summed E-state index contributed by atoms with van der Waals surface area (Å²) in [7, 11) is 1.75. The molecule has 4 aromatic rings. The predicted molar refractivity (Wildman–Crippen MR) is 106 cm³/mol. The number of hydrogen-bond donors (Lipinski definition) is 2. The number of aryl methyl sites for hydroxylation is 1. The van der Waals surface area contributed by atoms with Crippen molar-refractivity contribution in [2.24, 2.45) is 7.05 Å². The molecule has 146 valence electrons. The molecule has 8 nitrogen and oxygen atoms in total. The number of nitrogens with zero attached hydrogens (tertiary/aromatic N) is 5. The fraction of sp³-hybridized carbons (Fsp3) is 0.150. The van der Waals surface area contributed by atoms with Gasteiger partial charge in [0.1, 0.15) is 5.84 Å². The Bertz CT molecular complexity index is 1370. The summed E-state index contributed by atoms with van der Waals surface area (Å²) in [6, 6.07) is 5.54. The Kier molecular flexibility index (Phi) is 4.42. The maximum Gasteiger partial charge on any atom is 0.260 e. The minimum Gasteiger partial charge on any atom is -0.305 e. The van der Waals surface area contributed by atoms with Crippen molar-refractivity contribution in [1.82, 2.24) is 23.9 Å². The lowest BCUT2D eigenvalue weighted by Gasteiger charge is -2.19. The van der Waals surface area contributed by atoms with Gasteiger partial charge in [0.05, 0.1) is 23.1 Å². The van der Waals surface area contributed by atoms with E-state index >= 15 is 0 Å². The molecule has 4 rings (SSSR count). The van der Waals surface area contributed by atoms with Crippen LogP contribution in [-0.4, -0.2) is 29.7 Å². The standard InChI is InChI=1S/C20H18FN7O/c1-12(27-7-5-17-15(20(27)29)4-3-6-24-17)18(22)28-11-13(8-16(21)19(28)23)14-9-25-26(2)10-14/h3-12,22-23H,1-2H3/t12-/m0/s1. The van der Waals surface area contributed by atoms with Crippen molar-refractivity contribution in [3.8, 4) is 11.1 Å². The van der Waals surface area contributed by atoms with Crippen LogP contribution in [0, 0.1) is 16.6 Å². The minimum absolute atomic E-state index is 0.106. The zero-order valence-electron chi connectivity index (χ0n) is 15.8. The predicted octanol–water partition coefficient (Wildman–Crippen LogP) is 2.30. The number of nitrogens with one attached hydrogen (secondary N) is 2. The van der Waals surface area contributed by atoms with Crippen molar-refractivity contribution in [3.63, 3.8) is 0 Å². The average Bonchev–Trinajstić information content (AvgIpc) is 3.16. The van der Waals surface area contributed by atoms with Crippen molar-refractivity contribution in [3.05, 3.63) is 76.9 Å². The highest BCUT2D eigenvalue weighted by molar-refractivity contribution is 5.86. The molecule has 4 heterocycles. The van der Waals surface area contributed by atoms with Crippen LogP contribution in [-0.2, 0) is 7.05 Å². The molecule has 4 aromatic heterocycles. The number of aromatic nitrogens is 5. The van der Waals surface area contributed by atoms with Gasteiger partial charge in [-0.15, -0.1) is 0 Å². The maximum atomic E-state index is 14.4. The number of rotatable bonds is 3. The van der Waals surface area contributed by atoms with Crippen LogP contribution >= 0.6 is 0 Å². The first-order chi connectivity index (χ1) is 13.9. The molecule has 0 fully saturated rings. The van der Waals surface area contributed by atoms with Crippen LogP contribution in [0.15, 0.2) is 60.0 Å². The highest BCUT2D eigenvalue weighted by atomic mass is 19.1. The molecular weight excluding hydrogens is 373 g/mol. The first-order valence-corrected chi connectivity index (χ1v) is 8.87. The highest BCUT2D eigenvalue weighted by Crippen LogP contribution is 2.19. The Hall–Kier alpha value is -3.88. The molecule has 29 heavy (non-hydrogen) atoms. The summed E-state index contributed by atoms with van der Waals surface area (Å²) < 4.78 is 18.5. The first kappa shape index (κ1) is 18.5. The minimum atomic E-state index is -0.765. The van der Waals surface area contributed by atoms with Gasteiger partial charge in [-0.05, 0) is 31.2 Å². The summed E-state index contributed by atoms with van der Waals surface area (Å²) in [5, 5.41) is 21.1. The second-order valence-electron chi connectivity index (χ2n) is 6.72. The van der Waals surface area contributed by atoms with Gasteiger partial charge in [-0.2, -0.15) is 5.10 Å². The van der Waals surface area contributed by atoms with Crippen molar-refractivity contribution in [2.45, 2.75) is 13.0 Å². The van der Waals surface area contributed by atoms with Crippen molar-refractivity contribution < 1.29 is 4.39 Å². The molecule has 0 aromatic carbocycles. The van der Waals surface area contributed by atoms with Gasteiger partial charge in [0.15, 0.2) is 11.3 Å². The van der Waals surface area contributed by atoms with Crippen molar-refractivity contribution in [2.75, 3.05) is 0 Å². The van der Waals surface area contributed by atoms with Crippen LogP contribution in [0.5, 0.6) is 0 Å². The van der Waals surface area contributed by atoms with E-state index in [0.717, 1.165) is 4.57 Å². The van der Waals surface area contributed by atoms with Crippen LogP contribution in [0.4, 0.5) is 4.39 Å². The third kappa shape index (κ3) is 3.16. The molecule has 0 saturated carbocycles. The van der Waals surface area contributed by atoms with Crippen LogP contribution in [0.2, 0.25) is 0 Å². The molecule has 0 saturated heterocycles. The van der Waals surface area contributed by atoms with Gasteiger partial charge in [0.25, 0.3) is 5.56 Å². The summed E-state index contributed by atoms with van der Waals surface area (Å²) in [5.41, 5.74) is 0.952.